The maximum Gasteiger partial charge on any atom is 0.417 e. The van der Waals surface area contributed by atoms with Crippen LogP contribution in [0.1, 0.15) is 43.0 Å². The molecule has 2 aromatic carbocycles. The van der Waals surface area contributed by atoms with Crippen LogP contribution in [0.25, 0.3) is 10.9 Å². The molecule has 2 heterocycles. The molecule has 0 aliphatic carbocycles. The van der Waals surface area contributed by atoms with Crippen molar-refractivity contribution in [2.45, 2.75) is 42.9 Å². The van der Waals surface area contributed by atoms with Crippen LogP contribution in [0.3, 0.4) is 0 Å². The molecule has 5 nitrogen and oxygen atoms in total. The Balaban J connectivity index is 1.29. The first-order valence-electron chi connectivity index (χ1n) is 13.0. The molecule has 1 unspecified atom stereocenters. The molecule has 0 saturated carbocycles. The predicted molar refractivity (Wildman–Crippen MR) is 144 cm³/mol. The molecule has 39 heavy (non-hydrogen) atoms. The maximum absolute atomic E-state index is 15.4. The van der Waals surface area contributed by atoms with Crippen molar-refractivity contribution in [2.75, 3.05) is 32.5 Å². The van der Waals surface area contributed by atoms with Gasteiger partial charge in [-0.3, -0.25) is 9.78 Å². The quantitative estimate of drug-likeness (QED) is 0.150. The lowest BCUT2D eigenvalue weighted by molar-refractivity contribution is -0.146. The van der Waals surface area contributed by atoms with E-state index in [1.54, 1.807) is 43.6 Å². The fourth-order valence-electron chi connectivity index (χ4n) is 5.26. The van der Waals surface area contributed by atoms with Crippen molar-refractivity contribution in [1.29, 1.82) is 0 Å². The number of ether oxygens (including phenoxy) is 1. The van der Waals surface area contributed by atoms with Gasteiger partial charge >= 0.3 is 12.1 Å². The molecule has 4 rings (SSSR count). The molecule has 1 saturated heterocycles. The molecular formula is C29H32F4N2O3S. The number of methoxy groups -OCH3 is 1. The number of carbonyl (C=O) groups is 1. The lowest BCUT2D eigenvalue weighted by atomic mass is 9.81. The number of hydrogen-bond donors (Lipinski definition) is 1. The van der Waals surface area contributed by atoms with E-state index >= 15 is 4.39 Å². The average Bonchev–Trinajstić information content (AvgIpc) is 2.93. The highest BCUT2D eigenvalue weighted by atomic mass is 32.2. The van der Waals surface area contributed by atoms with E-state index in [0.29, 0.717) is 66.9 Å². The second kappa shape index (κ2) is 13.0. The van der Waals surface area contributed by atoms with Crippen molar-refractivity contribution >= 4 is 28.6 Å². The number of carboxylic acids is 1. The summed E-state index contributed by atoms with van der Waals surface area (Å²) in [5.74, 6) is -0.539. The highest BCUT2D eigenvalue weighted by molar-refractivity contribution is 7.99. The second-order valence-electron chi connectivity index (χ2n) is 9.82. The zero-order valence-electron chi connectivity index (χ0n) is 21.7. The van der Waals surface area contributed by atoms with E-state index in [1.807, 2.05) is 0 Å². The van der Waals surface area contributed by atoms with Gasteiger partial charge in [-0.15, -0.1) is 11.8 Å². The first kappa shape index (κ1) is 29.1. The lowest BCUT2D eigenvalue weighted by Gasteiger charge is -2.36. The molecule has 1 N–H and O–H groups in total. The van der Waals surface area contributed by atoms with Crippen LogP contribution < -0.4 is 4.74 Å². The third kappa shape index (κ3) is 7.42. The van der Waals surface area contributed by atoms with Crippen molar-refractivity contribution in [1.82, 2.24) is 9.88 Å². The summed E-state index contributed by atoms with van der Waals surface area (Å²) in [6.45, 7) is 1.65. The second-order valence-corrected chi connectivity index (χ2v) is 11.0. The van der Waals surface area contributed by atoms with Crippen LogP contribution in [0.5, 0.6) is 5.75 Å². The Morgan fingerprint density at radius 3 is 2.77 bits per heavy atom. The molecule has 0 spiro atoms. The SMILES string of the molecule is COc1ccc2nccc(C(F)CC[C@@H]3CCN(CCCSc4ccccc4C(F)(F)F)C[C@@H]3C(=O)O)c2c1. The topological polar surface area (TPSA) is 62.7 Å². The monoisotopic (exact) mass is 564 g/mol. The molecule has 3 atom stereocenters. The van der Waals surface area contributed by atoms with Gasteiger partial charge in [0, 0.05) is 23.0 Å². The minimum absolute atomic E-state index is 0.146. The Bertz CT molecular complexity index is 1270. The Hall–Kier alpha value is -2.85. The van der Waals surface area contributed by atoms with Crippen LogP contribution >= 0.6 is 11.8 Å². The van der Waals surface area contributed by atoms with Crippen molar-refractivity contribution in [3.05, 3.63) is 65.9 Å². The number of rotatable bonds is 11. The number of thioether (sulfide) groups is 1. The maximum atomic E-state index is 15.4. The smallest absolute Gasteiger partial charge is 0.417 e. The number of aromatic nitrogens is 1. The summed E-state index contributed by atoms with van der Waals surface area (Å²) in [5, 5.41) is 10.6. The van der Waals surface area contributed by atoms with Gasteiger partial charge in [-0.1, -0.05) is 12.1 Å². The van der Waals surface area contributed by atoms with Gasteiger partial charge in [0.05, 0.1) is 24.1 Å². The number of likely N-dealkylation sites (tertiary alicyclic amines) is 1. The van der Waals surface area contributed by atoms with Crippen molar-refractivity contribution in [3.8, 4) is 5.75 Å². The molecule has 1 aliphatic heterocycles. The van der Waals surface area contributed by atoms with Crippen LogP contribution in [-0.4, -0.2) is 53.5 Å². The van der Waals surface area contributed by atoms with Gasteiger partial charge in [-0.25, -0.2) is 4.39 Å². The molecule has 0 bridgehead atoms. The number of pyridine rings is 1. The summed E-state index contributed by atoms with van der Waals surface area (Å²) < 4.78 is 60.3. The van der Waals surface area contributed by atoms with E-state index < -0.39 is 29.8 Å². The fraction of sp³-hybridized carbons (Fsp3) is 0.448. The Labute approximate surface area is 229 Å². The number of nitrogens with zero attached hydrogens (tertiary/aromatic N) is 2. The first-order chi connectivity index (χ1) is 18.7. The van der Waals surface area contributed by atoms with Gasteiger partial charge in [0.1, 0.15) is 11.9 Å². The first-order valence-corrected chi connectivity index (χ1v) is 14.0. The van der Waals surface area contributed by atoms with Gasteiger partial charge in [-0.05, 0) is 92.4 Å². The lowest BCUT2D eigenvalue weighted by Crippen LogP contribution is -2.44. The summed E-state index contributed by atoms with van der Waals surface area (Å²) in [6.07, 6.45) is -2.14. The van der Waals surface area contributed by atoms with Crippen LogP contribution in [0.4, 0.5) is 17.6 Å². The third-order valence-electron chi connectivity index (χ3n) is 7.34. The van der Waals surface area contributed by atoms with Crippen LogP contribution in [-0.2, 0) is 11.0 Å². The van der Waals surface area contributed by atoms with Crippen LogP contribution in [0.15, 0.2) is 59.6 Å². The van der Waals surface area contributed by atoms with Gasteiger partial charge in [-0.2, -0.15) is 13.2 Å². The van der Waals surface area contributed by atoms with E-state index in [9.17, 15) is 23.1 Å². The largest absolute Gasteiger partial charge is 0.497 e. The molecule has 1 aliphatic rings. The van der Waals surface area contributed by atoms with E-state index in [4.69, 9.17) is 4.74 Å². The van der Waals surface area contributed by atoms with Gasteiger partial charge in [0.2, 0.25) is 0 Å². The van der Waals surface area contributed by atoms with Crippen LogP contribution in [0.2, 0.25) is 0 Å². The number of carboxylic acid groups (broad SMARTS) is 1. The molecule has 1 fully saturated rings. The summed E-state index contributed by atoms with van der Waals surface area (Å²) in [7, 11) is 1.55. The highest BCUT2D eigenvalue weighted by Crippen LogP contribution is 2.38. The Morgan fingerprint density at radius 1 is 1.23 bits per heavy atom. The summed E-state index contributed by atoms with van der Waals surface area (Å²) >= 11 is 1.17. The molecule has 1 aromatic heterocycles. The number of aliphatic carboxylic acids is 1. The van der Waals surface area contributed by atoms with Gasteiger partial charge < -0.3 is 14.7 Å². The summed E-state index contributed by atoms with van der Waals surface area (Å²) in [6, 6.07) is 12.5. The molecule has 10 heteroatoms. The van der Waals surface area contributed by atoms with Crippen molar-refractivity contribution in [3.63, 3.8) is 0 Å². The van der Waals surface area contributed by atoms with E-state index in [1.165, 1.54) is 23.9 Å². The number of piperidine rings is 1. The zero-order chi connectivity index (χ0) is 28.0. The van der Waals surface area contributed by atoms with E-state index in [-0.39, 0.29) is 17.2 Å². The normalized spacial score (nSPS) is 19.2. The minimum atomic E-state index is -4.39. The summed E-state index contributed by atoms with van der Waals surface area (Å²) in [4.78, 5) is 18.6. The molecule has 0 amide bonds. The zero-order valence-corrected chi connectivity index (χ0v) is 22.5. The third-order valence-corrected chi connectivity index (χ3v) is 8.50. The van der Waals surface area contributed by atoms with E-state index in [2.05, 4.69) is 9.88 Å². The average molecular weight is 565 g/mol. The number of alkyl halides is 4. The van der Waals surface area contributed by atoms with Gasteiger partial charge in [0.25, 0.3) is 0 Å². The van der Waals surface area contributed by atoms with Crippen molar-refractivity contribution < 1.29 is 32.2 Å². The van der Waals surface area contributed by atoms with Crippen LogP contribution in [0, 0.1) is 11.8 Å². The summed E-state index contributed by atoms with van der Waals surface area (Å²) in [5.41, 5.74) is 0.562. The molecular weight excluding hydrogens is 532 g/mol. The molecule has 0 radical (unpaired) electrons. The minimum Gasteiger partial charge on any atom is -0.497 e. The van der Waals surface area contributed by atoms with E-state index in [0.717, 1.165) is 6.07 Å². The number of halogens is 4. The number of benzene rings is 2. The number of fused-ring (bicyclic) bond motifs is 1. The van der Waals surface area contributed by atoms with Crippen molar-refractivity contribution in [2.24, 2.45) is 11.8 Å². The Kier molecular flexibility index (Phi) is 9.71. The standard InChI is InChI=1S/C29H32F4N2O3S/c1-38-20-8-10-26-22(17-20)21(11-13-34-26)25(30)9-7-19-12-15-35(18-23(19)28(36)37)14-4-16-39-27-6-3-2-5-24(27)29(31,32)33/h2-3,5-6,8,10-11,13,17,19,23,25H,4,7,9,12,14-16,18H2,1H3,(H,36,37)/t19-,23+,25?/m1/s1. The number of hydrogen-bond acceptors (Lipinski definition) is 5. The highest BCUT2D eigenvalue weighted by Gasteiger charge is 2.35. The molecule has 3 aromatic rings. The van der Waals surface area contributed by atoms with Gasteiger partial charge in [0.15, 0.2) is 0 Å². The predicted octanol–water partition coefficient (Wildman–Crippen LogP) is 7.26. The fourth-order valence-corrected chi connectivity index (χ4v) is 6.26. The molecule has 210 valence electrons. The Morgan fingerprint density at radius 2 is 2.03 bits per heavy atom.